The number of anilines is 1. The fourth-order valence-corrected chi connectivity index (χ4v) is 2.89. The Morgan fingerprint density at radius 1 is 0.867 bits per heavy atom. The van der Waals surface area contributed by atoms with Crippen molar-refractivity contribution in [2.45, 2.75) is 26.3 Å². The van der Waals surface area contributed by atoms with Crippen molar-refractivity contribution in [3.05, 3.63) is 95.3 Å². The van der Waals surface area contributed by atoms with Crippen LogP contribution in [-0.4, -0.2) is 22.6 Å². The number of Topliss-reactive ketones (excluding diaryl/α,β-unsaturated/α-hetero) is 1. The van der Waals surface area contributed by atoms with Crippen LogP contribution in [0.3, 0.4) is 0 Å². The number of nitrogens with one attached hydrogen (secondary N) is 2. The fourth-order valence-electron chi connectivity index (χ4n) is 2.89. The number of aromatic nitrogens is 1. The van der Waals surface area contributed by atoms with Crippen LogP contribution in [0.1, 0.15) is 44.7 Å². The van der Waals surface area contributed by atoms with Gasteiger partial charge in [0.15, 0.2) is 5.78 Å². The minimum atomic E-state index is -0.249. The first-order valence-electron chi connectivity index (χ1n) is 9.69. The van der Waals surface area contributed by atoms with Gasteiger partial charge in [-0.3, -0.25) is 19.4 Å². The fraction of sp³-hybridized carbons (Fsp3) is 0.167. The molecule has 0 saturated carbocycles. The van der Waals surface area contributed by atoms with Crippen molar-refractivity contribution in [2.75, 3.05) is 5.32 Å². The molecule has 0 aliphatic rings. The zero-order valence-corrected chi connectivity index (χ0v) is 16.7. The van der Waals surface area contributed by atoms with Gasteiger partial charge in [0.1, 0.15) is 0 Å². The Morgan fingerprint density at radius 3 is 2.37 bits per heavy atom. The van der Waals surface area contributed by atoms with E-state index in [2.05, 4.69) is 15.6 Å². The molecule has 0 aliphatic carbocycles. The lowest BCUT2D eigenvalue weighted by Gasteiger charge is -2.12. The molecule has 0 aliphatic heterocycles. The number of amides is 2. The summed E-state index contributed by atoms with van der Waals surface area (Å²) in [5, 5.41) is 5.66. The Balaban J connectivity index is 1.54. The Morgan fingerprint density at radius 2 is 1.63 bits per heavy atom. The minimum absolute atomic E-state index is 0.0674. The number of hydrogen-bond donors (Lipinski definition) is 2. The summed E-state index contributed by atoms with van der Waals surface area (Å²) in [5.41, 5.74) is 3.53. The van der Waals surface area contributed by atoms with Gasteiger partial charge in [-0.15, -0.1) is 0 Å². The molecule has 0 fully saturated rings. The lowest BCUT2D eigenvalue weighted by atomic mass is 10.0. The summed E-state index contributed by atoms with van der Waals surface area (Å²) in [6.07, 6.45) is 3.32. The molecule has 6 heteroatoms. The molecule has 0 unspecified atom stereocenters. The van der Waals surface area contributed by atoms with Crippen molar-refractivity contribution in [3.8, 4) is 0 Å². The highest BCUT2D eigenvalue weighted by molar-refractivity contribution is 6.00. The van der Waals surface area contributed by atoms with E-state index in [1.165, 1.54) is 6.20 Å². The number of pyridine rings is 1. The highest BCUT2D eigenvalue weighted by Crippen LogP contribution is 2.16. The van der Waals surface area contributed by atoms with E-state index in [9.17, 15) is 14.4 Å². The third-order valence-electron chi connectivity index (χ3n) is 4.61. The van der Waals surface area contributed by atoms with E-state index in [0.717, 1.165) is 11.1 Å². The van der Waals surface area contributed by atoms with Gasteiger partial charge in [0.05, 0.1) is 5.56 Å². The van der Waals surface area contributed by atoms with Gasteiger partial charge in [-0.2, -0.15) is 0 Å². The average Bonchev–Trinajstić information content (AvgIpc) is 2.77. The molecule has 0 atom stereocenters. The maximum Gasteiger partial charge on any atom is 0.253 e. The van der Waals surface area contributed by atoms with Crippen LogP contribution < -0.4 is 10.6 Å². The predicted molar refractivity (Wildman–Crippen MR) is 115 cm³/mol. The number of aryl methyl sites for hydroxylation is 1. The Hall–Kier alpha value is -3.80. The lowest BCUT2D eigenvalue weighted by Crippen LogP contribution is -2.24. The molecule has 1 aromatic heterocycles. The molecule has 30 heavy (non-hydrogen) atoms. The van der Waals surface area contributed by atoms with E-state index in [1.807, 2.05) is 31.2 Å². The van der Waals surface area contributed by atoms with Gasteiger partial charge in [-0.25, -0.2) is 0 Å². The van der Waals surface area contributed by atoms with Gasteiger partial charge in [0.2, 0.25) is 5.91 Å². The van der Waals surface area contributed by atoms with E-state index >= 15 is 0 Å². The standard InChI is InChI=1S/C24H23N3O3/c1-17-8-10-18(11-9-17)22(28)12-13-23(29)27-21-7-3-2-5-19(21)16-26-24(30)20-6-4-14-25-15-20/h2-11,14-15H,12-13,16H2,1H3,(H,26,30)(H,27,29). The summed E-state index contributed by atoms with van der Waals surface area (Å²) in [7, 11) is 0. The molecule has 6 nitrogen and oxygen atoms in total. The van der Waals surface area contributed by atoms with E-state index in [1.54, 1.807) is 42.6 Å². The Labute approximate surface area is 175 Å². The molecule has 3 rings (SSSR count). The Bertz CT molecular complexity index is 1030. The number of hydrogen-bond acceptors (Lipinski definition) is 4. The number of carbonyl (C=O) groups excluding carboxylic acids is 3. The van der Waals surface area contributed by atoms with Crippen molar-refractivity contribution in [3.63, 3.8) is 0 Å². The maximum absolute atomic E-state index is 12.4. The molecule has 0 saturated heterocycles. The maximum atomic E-state index is 12.4. The van der Waals surface area contributed by atoms with E-state index in [-0.39, 0.29) is 37.0 Å². The Kier molecular flexibility index (Phi) is 7.05. The van der Waals surface area contributed by atoms with Gasteiger partial charge >= 0.3 is 0 Å². The average molecular weight is 401 g/mol. The van der Waals surface area contributed by atoms with Crippen LogP contribution in [-0.2, 0) is 11.3 Å². The SMILES string of the molecule is Cc1ccc(C(=O)CCC(=O)Nc2ccccc2CNC(=O)c2cccnc2)cc1. The molecule has 2 aromatic carbocycles. The van der Waals surface area contributed by atoms with Gasteiger partial charge in [-0.1, -0.05) is 48.0 Å². The van der Waals surface area contributed by atoms with Crippen LogP contribution in [0.25, 0.3) is 0 Å². The number of carbonyl (C=O) groups is 3. The normalized spacial score (nSPS) is 10.3. The minimum Gasteiger partial charge on any atom is -0.348 e. The first-order chi connectivity index (χ1) is 14.5. The molecule has 0 spiro atoms. The third-order valence-corrected chi connectivity index (χ3v) is 4.61. The summed E-state index contributed by atoms with van der Waals surface area (Å²) >= 11 is 0. The quantitative estimate of drug-likeness (QED) is 0.560. The van der Waals surface area contributed by atoms with Crippen LogP contribution in [0.4, 0.5) is 5.69 Å². The van der Waals surface area contributed by atoms with Crippen molar-refractivity contribution in [2.24, 2.45) is 0 Å². The van der Waals surface area contributed by atoms with Crippen molar-refractivity contribution in [1.82, 2.24) is 10.3 Å². The van der Waals surface area contributed by atoms with Crippen LogP contribution in [0.2, 0.25) is 0 Å². The zero-order chi connectivity index (χ0) is 21.3. The second-order valence-electron chi connectivity index (χ2n) is 6.92. The summed E-state index contributed by atoms with van der Waals surface area (Å²) in [5.74, 6) is -0.559. The highest BCUT2D eigenvalue weighted by Gasteiger charge is 2.12. The van der Waals surface area contributed by atoms with Gasteiger partial charge in [0.25, 0.3) is 5.91 Å². The summed E-state index contributed by atoms with van der Waals surface area (Å²) in [6.45, 7) is 2.21. The second kappa shape index (κ2) is 10.1. The number of para-hydroxylation sites is 1. The molecule has 0 radical (unpaired) electrons. The zero-order valence-electron chi connectivity index (χ0n) is 16.7. The van der Waals surface area contributed by atoms with Gasteiger partial charge in [0, 0.05) is 43.0 Å². The number of benzene rings is 2. The predicted octanol–water partition coefficient (Wildman–Crippen LogP) is 3.92. The van der Waals surface area contributed by atoms with Gasteiger partial charge < -0.3 is 10.6 Å². The van der Waals surface area contributed by atoms with E-state index in [0.29, 0.717) is 16.8 Å². The van der Waals surface area contributed by atoms with Crippen LogP contribution in [0.15, 0.2) is 73.1 Å². The summed E-state index contributed by atoms with van der Waals surface area (Å²) < 4.78 is 0. The second-order valence-corrected chi connectivity index (χ2v) is 6.92. The smallest absolute Gasteiger partial charge is 0.253 e. The number of rotatable bonds is 8. The first kappa shape index (κ1) is 20.9. The van der Waals surface area contributed by atoms with Crippen molar-refractivity contribution >= 4 is 23.3 Å². The first-order valence-corrected chi connectivity index (χ1v) is 9.69. The lowest BCUT2D eigenvalue weighted by molar-refractivity contribution is -0.116. The highest BCUT2D eigenvalue weighted by atomic mass is 16.2. The summed E-state index contributed by atoms with van der Waals surface area (Å²) in [6, 6.07) is 17.9. The largest absolute Gasteiger partial charge is 0.348 e. The van der Waals surface area contributed by atoms with E-state index < -0.39 is 0 Å². The number of ketones is 1. The van der Waals surface area contributed by atoms with Gasteiger partial charge in [-0.05, 0) is 30.7 Å². The topological polar surface area (TPSA) is 88.2 Å². The molecular formula is C24H23N3O3. The monoisotopic (exact) mass is 401 g/mol. The van der Waals surface area contributed by atoms with E-state index in [4.69, 9.17) is 0 Å². The van der Waals surface area contributed by atoms with Crippen LogP contribution >= 0.6 is 0 Å². The molecule has 1 heterocycles. The molecule has 2 amide bonds. The van der Waals surface area contributed by atoms with Crippen LogP contribution in [0, 0.1) is 6.92 Å². The molecule has 2 N–H and O–H groups in total. The number of nitrogens with zero attached hydrogens (tertiary/aromatic N) is 1. The van der Waals surface area contributed by atoms with Crippen LogP contribution in [0.5, 0.6) is 0 Å². The third kappa shape index (κ3) is 5.85. The molecule has 0 bridgehead atoms. The summed E-state index contributed by atoms with van der Waals surface area (Å²) in [4.78, 5) is 40.8. The molecule has 3 aromatic rings. The van der Waals surface area contributed by atoms with Crippen molar-refractivity contribution < 1.29 is 14.4 Å². The van der Waals surface area contributed by atoms with Crippen molar-refractivity contribution in [1.29, 1.82) is 0 Å². The molecular weight excluding hydrogens is 378 g/mol. The molecule has 152 valence electrons.